The molecule has 2 N–H and O–H groups in total. The van der Waals surface area contributed by atoms with Crippen LogP contribution in [0.1, 0.15) is 65.2 Å². The Morgan fingerprint density at radius 1 is 1.00 bits per heavy atom. The van der Waals surface area contributed by atoms with Gasteiger partial charge in [-0.3, -0.25) is 9.89 Å². The molecule has 2 heterocycles. The lowest BCUT2D eigenvalue weighted by Gasteiger charge is -2.50. The van der Waals surface area contributed by atoms with Gasteiger partial charge < -0.3 is 15.5 Å². The minimum absolute atomic E-state index is 0. The van der Waals surface area contributed by atoms with Gasteiger partial charge in [-0.2, -0.15) is 0 Å². The van der Waals surface area contributed by atoms with Crippen molar-refractivity contribution in [2.45, 2.75) is 70.8 Å². The van der Waals surface area contributed by atoms with E-state index in [2.05, 4.69) is 46.3 Å². The molecular weight excluding hydrogens is 449 g/mol. The number of piperidine rings is 2. The summed E-state index contributed by atoms with van der Waals surface area (Å²) in [6.45, 7) is 11.6. The summed E-state index contributed by atoms with van der Waals surface area (Å²) in [7, 11) is 4.15. The van der Waals surface area contributed by atoms with Crippen molar-refractivity contribution >= 4 is 29.9 Å². The first kappa shape index (κ1) is 25.0. The zero-order valence-corrected chi connectivity index (χ0v) is 20.6. The highest BCUT2D eigenvalue weighted by Crippen LogP contribution is 2.30. The molecule has 0 aromatic rings. The molecule has 0 aromatic carbocycles. The molecule has 6 heteroatoms. The van der Waals surface area contributed by atoms with Crippen LogP contribution in [0.5, 0.6) is 0 Å². The predicted octanol–water partition coefficient (Wildman–Crippen LogP) is 3.55. The number of halogens is 1. The Kier molecular flexibility index (Phi) is 12.2. The number of nitrogens with zero attached hydrogens (tertiary/aromatic N) is 3. The number of hydrogen-bond acceptors (Lipinski definition) is 3. The average Bonchev–Trinajstić information content (AvgIpc) is 2.66. The van der Waals surface area contributed by atoms with Crippen LogP contribution in [0.25, 0.3) is 0 Å². The summed E-state index contributed by atoms with van der Waals surface area (Å²) in [4.78, 5) is 9.72. The SMILES string of the molecule is CN=C(NCCCCC(C)C)NCC1(N2CCCCC2)CCN(C)CC1.I. The second kappa shape index (κ2) is 13.2. The van der Waals surface area contributed by atoms with Gasteiger partial charge in [0.25, 0.3) is 0 Å². The fourth-order valence-corrected chi connectivity index (χ4v) is 4.36. The summed E-state index contributed by atoms with van der Waals surface area (Å²) in [5, 5.41) is 7.19. The second-order valence-electron chi connectivity index (χ2n) is 8.82. The molecule has 0 unspecified atom stereocenters. The van der Waals surface area contributed by atoms with Crippen LogP contribution >= 0.6 is 24.0 Å². The van der Waals surface area contributed by atoms with E-state index in [4.69, 9.17) is 0 Å². The van der Waals surface area contributed by atoms with Crippen molar-refractivity contribution in [1.82, 2.24) is 20.4 Å². The summed E-state index contributed by atoms with van der Waals surface area (Å²) >= 11 is 0. The van der Waals surface area contributed by atoms with Gasteiger partial charge in [-0.15, -0.1) is 24.0 Å². The predicted molar refractivity (Wildman–Crippen MR) is 128 cm³/mol. The maximum Gasteiger partial charge on any atom is 0.191 e. The van der Waals surface area contributed by atoms with E-state index >= 15 is 0 Å². The van der Waals surface area contributed by atoms with E-state index in [0.29, 0.717) is 5.54 Å². The number of nitrogens with one attached hydrogen (secondary N) is 2. The number of likely N-dealkylation sites (tertiary alicyclic amines) is 2. The lowest BCUT2D eigenvalue weighted by atomic mass is 9.84. The van der Waals surface area contributed by atoms with Crippen molar-refractivity contribution in [2.75, 3.05) is 53.4 Å². The highest BCUT2D eigenvalue weighted by atomic mass is 127. The van der Waals surface area contributed by atoms with Crippen LogP contribution in [-0.2, 0) is 0 Å². The summed E-state index contributed by atoms with van der Waals surface area (Å²) in [5.74, 6) is 1.78. The van der Waals surface area contributed by atoms with Gasteiger partial charge in [-0.25, -0.2) is 0 Å². The summed E-state index contributed by atoms with van der Waals surface area (Å²) < 4.78 is 0. The number of aliphatic imine (C=N–C) groups is 1. The normalized spacial score (nSPS) is 21.7. The molecule has 160 valence electrons. The van der Waals surface area contributed by atoms with Crippen LogP contribution in [0.15, 0.2) is 4.99 Å². The molecule has 2 aliphatic rings. The first-order valence-electron chi connectivity index (χ1n) is 10.9. The highest BCUT2D eigenvalue weighted by molar-refractivity contribution is 14.0. The quantitative estimate of drug-likeness (QED) is 0.235. The maximum absolute atomic E-state index is 4.46. The number of unbranched alkanes of at least 4 members (excludes halogenated alkanes) is 1. The van der Waals surface area contributed by atoms with Crippen molar-refractivity contribution in [2.24, 2.45) is 10.9 Å². The van der Waals surface area contributed by atoms with Crippen LogP contribution in [-0.4, -0.2) is 74.7 Å². The van der Waals surface area contributed by atoms with E-state index in [0.717, 1.165) is 25.0 Å². The van der Waals surface area contributed by atoms with Gasteiger partial charge in [0, 0.05) is 25.7 Å². The van der Waals surface area contributed by atoms with E-state index in [9.17, 15) is 0 Å². The van der Waals surface area contributed by atoms with Gasteiger partial charge in [0.05, 0.1) is 0 Å². The number of hydrogen-bond donors (Lipinski definition) is 2. The summed E-state index contributed by atoms with van der Waals surface area (Å²) in [5.41, 5.74) is 0.308. The van der Waals surface area contributed by atoms with E-state index in [-0.39, 0.29) is 24.0 Å². The Labute approximate surface area is 185 Å². The van der Waals surface area contributed by atoms with Crippen molar-refractivity contribution in [1.29, 1.82) is 0 Å². The van der Waals surface area contributed by atoms with E-state index in [1.165, 1.54) is 77.5 Å². The molecule has 27 heavy (non-hydrogen) atoms. The fourth-order valence-electron chi connectivity index (χ4n) is 4.36. The molecule has 0 radical (unpaired) electrons. The lowest BCUT2D eigenvalue weighted by Crippen LogP contribution is -2.62. The van der Waals surface area contributed by atoms with E-state index in [1.807, 2.05) is 7.05 Å². The third-order valence-electron chi connectivity index (χ3n) is 6.25. The molecule has 0 spiro atoms. The van der Waals surface area contributed by atoms with Crippen LogP contribution < -0.4 is 10.6 Å². The molecule has 2 aliphatic heterocycles. The van der Waals surface area contributed by atoms with Gasteiger partial charge in [-0.1, -0.05) is 33.1 Å². The van der Waals surface area contributed by atoms with Crippen LogP contribution in [0.2, 0.25) is 0 Å². The Balaban J connectivity index is 0.00000364. The Hall–Kier alpha value is -0.0800. The first-order valence-corrected chi connectivity index (χ1v) is 10.9. The van der Waals surface area contributed by atoms with Crippen molar-refractivity contribution in [3.8, 4) is 0 Å². The van der Waals surface area contributed by atoms with Gasteiger partial charge in [0.15, 0.2) is 5.96 Å². The summed E-state index contributed by atoms with van der Waals surface area (Å²) in [6.07, 6.45) is 10.5. The van der Waals surface area contributed by atoms with E-state index in [1.54, 1.807) is 0 Å². The van der Waals surface area contributed by atoms with Crippen molar-refractivity contribution in [3.05, 3.63) is 0 Å². The Morgan fingerprint density at radius 2 is 1.67 bits per heavy atom. The molecule has 0 amide bonds. The Morgan fingerprint density at radius 3 is 2.26 bits per heavy atom. The minimum atomic E-state index is 0. The first-order chi connectivity index (χ1) is 12.6. The molecular formula is C21H44IN5. The highest BCUT2D eigenvalue weighted by Gasteiger charge is 2.39. The standard InChI is InChI=1S/C21H43N5.HI/c1-19(2)10-6-7-13-23-20(22-3)24-18-21(11-16-25(4)17-12-21)26-14-8-5-9-15-26;/h19H,5-18H2,1-4H3,(H2,22,23,24);1H. The van der Waals surface area contributed by atoms with Gasteiger partial charge >= 0.3 is 0 Å². The van der Waals surface area contributed by atoms with Crippen molar-refractivity contribution in [3.63, 3.8) is 0 Å². The minimum Gasteiger partial charge on any atom is -0.356 e. The van der Waals surface area contributed by atoms with Gasteiger partial charge in [-0.05, 0) is 71.2 Å². The number of guanidine groups is 1. The molecule has 0 bridgehead atoms. The Bertz CT molecular complexity index is 413. The molecule has 2 rings (SSSR count). The average molecular weight is 494 g/mol. The lowest BCUT2D eigenvalue weighted by molar-refractivity contribution is 0.0173. The van der Waals surface area contributed by atoms with Gasteiger partial charge in [0.1, 0.15) is 0 Å². The van der Waals surface area contributed by atoms with Crippen LogP contribution in [0.4, 0.5) is 0 Å². The van der Waals surface area contributed by atoms with Crippen LogP contribution in [0.3, 0.4) is 0 Å². The molecule has 5 nitrogen and oxygen atoms in total. The second-order valence-corrected chi connectivity index (χ2v) is 8.82. The smallest absolute Gasteiger partial charge is 0.191 e. The molecule has 2 saturated heterocycles. The summed E-state index contributed by atoms with van der Waals surface area (Å²) in [6, 6.07) is 0. The maximum atomic E-state index is 4.46. The molecule has 0 saturated carbocycles. The molecule has 2 fully saturated rings. The zero-order chi connectivity index (χ0) is 18.8. The van der Waals surface area contributed by atoms with Crippen molar-refractivity contribution < 1.29 is 0 Å². The third kappa shape index (κ3) is 8.44. The monoisotopic (exact) mass is 493 g/mol. The largest absolute Gasteiger partial charge is 0.356 e. The van der Waals surface area contributed by atoms with Gasteiger partial charge in [0.2, 0.25) is 0 Å². The van der Waals surface area contributed by atoms with E-state index < -0.39 is 0 Å². The topological polar surface area (TPSA) is 42.9 Å². The van der Waals surface area contributed by atoms with Crippen LogP contribution in [0, 0.1) is 5.92 Å². The molecule has 0 aromatic heterocycles. The zero-order valence-electron chi connectivity index (χ0n) is 18.2. The number of rotatable bonds is 8. The molecule has 0 atom stereocenters. The molecule has 0 aliphatic carbocycles. The third-order valence-corrected chi connectivity index (χ3v) is 6.25. The fraction of sp³-hybridized carbons (Fsp3) is 0.952.